The van der Waals surface area contributed by atoms with Crippen molar-refractivity contribution in [1.29, 1.82) is 0 Å². The normalized spacial score (nSPS) is 10.2. The van der Waals surface area contributed by atoms with Crippen molar-refractivity contribution in [3.8, 4) is 0 Å². The van der Waals surface area contributed by atoms with Gasteiger partial charge in [-0.25, -0.2) is 9.59 Å². The van der Waals surface area contributed by atoms with Crippen LogP contribution in [0.1, 0.15) is 35.2 Å². The van der Waals surface area contributed by atoms with Crippen molar-refractivity contribution in [1.82, 2.24) is 5.32 Å². The lowest BCUT2D eigenvalue weighted by Crippen LogP contribution is -2.29. The number of thioether (sulfide) groups is 1. The van der Waals surface area contributed by atoms with Gasteiger partial charge in [-0.2, -0.15) is 11.8 Å². The molecule has 0 aliphatic carbocycles. The second kappa shape index (κ2) is 9.28. The number of anilines is 1. The Morgan fingerprint density at radius 3 is 2.67 bits per heavy atom. The van der Waals surface area contributed by atoms with Gasteiger partial charge in [0.15, 0.2) is 0 Å². The fourth-order valence-electron chi connectivity index (χ4n) is 1.86. The third kappa shape index (κ3) is 6.53. The standard InChI is InChI=1S/C15H22N2O3S/c1-11-6-7-12(10-13(11)14(18)19)17-15(20)16-8-4-3-5-9-21-2/h6-7,10H,3-5,8-9H2,1-2H3,(H,18,19)(H2,16,17,20). The van der Waals surface area contributed by atoms with E-state index in [4.69, 9.17) is 5.11 Å². The first kappa shape index (κ1) is 17.4. The van der Waals surface area contributed by atoms with E-state index in [-0.39, 0.29) is 11.6 Å². The summed E-state index contributed by atoms with van der Waals surface area (Å²) in [5.74, 6) is 0.151. The number of unbranched alkanes of at least 4 members (excludes halogenated alkanes) is 2. The van der Waals surface area contributed by atoms with E-state index in [2.05, 4.69) is 16.9 Å². The molecular weight excluding hydrogens is 288 g/mol. The van der Waals surface area contributed by atoms with Crippen LogP contribution in [0.15, 0.2) is 18.2 Å². The van der Waals surface area contributed by atoms with Crippen molar-refractivity contribution < 1.29 is 14.7 Å². The predicted octanol–water partition coefficient (Wildman–Crippen LogP) is 3.35. The molecule has 0 saturated heterocycles. The lowest BCUT2D eigenvalue weighted by molar-refractivity contribution is 0.0696. The molecule has 116 valence electrons. The highest BCUT2D eigenvalue weighted by Gasteiger charge is 2.09. The zero-order valence-corrected chi connectivity index (χ0v) is 13.3. The first-order valence-electron chi connectivity index (χ1n) is 6.92. The van der Waals surface area contributed by atoms with E-state index in [0.717, 1.165) is 25.0 Å². The SMILES string of the molecule is CSCCCCCNC(=O)Nc1ccc(C)c(C(=O)O)c1. The van der Waals surface area contributed by atoms with E-state index in [1.54, 1.807) is 19.1 Å². The molecule has 1 rings (SSSR count). The summed E-state index contributed by atoms with van der Waals surface area (Å²) in [6, 6.07) is 4.54. The summed E-state index contributed by atoms with van der Waals surface area (Å²) in [5, 5.41) is 14.5. The topological polar surface area (TPSA) is 78.4 Å². The molecule has 6 heteroatoms. The molecule has 3 N–H and O–H groups in total. The quantitative estimate of drug-likeness (QED) is 0.643. The first-order chi connectivity index (χ1) is 10.0. The maximum absolute atomic E-state index is 11.7. The third-order valence-corrected chi connectivity index (χ3v) is 3.73. The Bertz CT molecular complexity index is 492. The summed E-state index contributed by atoms with van der Waals surface area (Å²) in [5.41, 5.74) is 1.35. The number of amides is 2. The highest BCUT2D eigenvalue weighted by Crippen LogP contribution is 2.15. The van der Waals surface area contributed by atoms with Gasteiger partial charge in [0.25, 0.3) is 0 Å². The number of carboxylic acid groups (broad SMARTS) is 1. The van der Waals surface area contributed by atoms with Crippen LogP contribution in [0.25, 0.3) is 0 Å². The minimum Gasteiger partial charge on any atom is -0.478 e. The molecule has 0 aromatic heterocycles. The number of aryl methyl sites for hydroxylation is 1. The van der Waals surface area contributed by atoms with Gasteiger partial charge in [-0.1, -0.05) is 12.5 Å². The molecule has 0 spiro atoms. The van der Waals surface area contributed by atoms with Crippen LogP contribution >= 0.6 is 11.8 Å². The monoisotopic (exact) mass is 310 g/mol. The van der Waals surface area contributed by atoms with Crippen LogP contribution < -0.4 is 10.6 Å². The number of aromatic carboxylic acids is 1. The molecule has 0 saturated carbocycles. The molecule has 0 fully saturated rings. The Kier molecular flexibility index (Phi) is 7.68. The van der Waals surface area contributed by atoms with E-state index in [1.165, 1.54) is 6.07 Å². The minimum atomic E-state index is -0.995. The van der Waals surface area contributed by atoms with E-state index in [1.807, 2.05) is 11.8 Å². The van der Waals surface area contributed by atoms with E-state index >= 15 is 0 Å². The van der Waals surface area contributed by atoms with Gasteiger partial charge >= 0.3 is 12.0 Å². The molecule has 1 aromatic carbocycles. The minimum absolute atomic E-state index is 0.199. The van der Waals surface area contributed by atoms with Gasteiger partial charge in [0.1, 0.15) is 0 Å². The Hall–Kier alpha value is -1.69. The second-order valence-corrected chi connectivity index (χ2v) is 5.75. The van der Waals surface area contributed by atoms with Crippen LogP contribution in [-0.2, 0) is 0 Å². The van der Waals surface area contributed by atoms with Gasteiger partial charge in [-0.05, 0) is 49.5 Å². The number of urea groups is 1. The molecule has 0 unspecified atom stereocenters. The number of carbonyl (C=O) groups is 2. The third-order valence-electron chi connectivity index (χ3n) is 3.04. The van der Waals surface area contributed by atoms with Gasteiger partial charge in [0.05, 0.1) is 5.56 Å². The first-order valence-corrected chi connectivity index (χ1v) is 8.31. The molecule has 0 bridgehead atoms. The van der Waals surface area contributed by atoms with Gasteiger partial charge in [0, 0.05) is 12.2 Å². The fourth-order valence-corrected chi connectivity index (χ4v) is 2.35. The van der Waals surface area contributed by atoms with Crippen molar-refractivity contribution in [3.63, 3.8) is 0 Å². The number of hydrogen-bond acceptors (Lipinski definition) is 3. The molecule has 21 heavy (non-hydrogen) atoms. The fraction of sp³-hybridized carbons (Fsp3) is 0.467. The number of carboxylic acids is 1. The summed E-state index contributed by atoms with van der Waals surface area (Å²) in [6.45, 7) is 2.35. The molecule has 0 atom stereocenters. The van der Waals surface area contributed by atoms with Crippen molar-refractivity contribution >= 4 is 29.4 Å². The molecule has 0 heterocycles. The van der Waals surface area contributed by atoms with Gasteiger partial charge < -0.3 is 15.7 Å². The number of hydrogen-bond donors (Lipinski definition) is 3. The lowest BCUT2D eigenvalue weighted by Gasteiger charge is -2.09. The molecule has 0 radical (unpaired) electrons. The summed E-state index contributed by atoms with van der Waals surface area (Å²) >= 11 is 1.82. The van der Waals surface area contributed by atoms with Gasteiger partial charge in [-0.15, -0.1) is 0 Å². The van der Waals surface area contributed by atoms with Crippen LogP contribution in [0.2, 0.25) is 0 Å². The number of carbonyl (C=O) groups excluding carboxylic acids is 1. The number of rotatable bonds is 8. The molecule has 1 aromatic rings. The van der Waals surface area contributed by atoms with Gasteiger partial charge in [-0.3, -0.25) is 0 Å². The van der Waals surface area contributed by atoms with Gasteiger partial charge in [0.2, 0.25) is 0 Å². The van der Waals surface area contributed by atoms with Crippen LogP contribution in [0.4, 0.5) is 10.5 Å². The van der Waals surface area contributed by atoms with E-state index in [0.29, 0.717) is 17.8 Å². The van der Waals surface area contributed by atoms with Crippen molar-refractivity contribution in [2.24, 2.45) is 0 Å². The Morgan fingerprint density at radius 1 is 1.24 bits per heavy atom. The summed E-state index contributed by atoms with van der Waals surface area (Å²) < 4.78 is 0. The van der Waals surface area contributed by atoms with Crippen LogP contribution in [0.3, 0.4) is 0 Å². The molecule has 0 aliphatic heterocycles. The van der Waals surface area contributed by atoms with Crippen LogP contribution in [-0.4, -0.2) is 35.7 Å². The average Bonchev–Trinajstić information content (AvgIpc) is 2.44. The second-order valence-electron chi connectivity index (χ2n) is 4.77. The predicted molar refractivity (Wildman–Crippen MR) is 87.4 cm³/mol. The summed E-state index contributed by atoms with van der Waals surface area (Å²) in [6.07, 6.45) is 5.28. The number of benzene rings is 1. The number of nitrogens with one attached hydrogen (secondary N) is 2. The van der Waals surface area contributed by atoms with E-state index in [9.17, 15) is 9.59 Å². The Labute approximate surface area is 129 Å². The van der Waals surface area contributed by atoms with Crippen molar-refractivity contribution in [2.45, 2.75) is 26.2 Å². The smallest absolute Gasteiger partial charge is 0.336 e. The molecule has 2 amide bonds. The lowest BCUT2D eigenvalue weighted by atomic mass is 10.1. The van der Waals surface area contributed by atoms with Crippen molar-refractivity contribution in [3.05, 3.63) is 29.3 Å². The molecular formula is C15H22N2O3S. The highest BCUT2D eigenvalue weighted by molar-refractivity contribution is 7.98. The summed E-state index contributed by atoms with van der Waals surface area (Å²) in [4.78, 5) is 22.7. The highest BCUT2D eigenvalue weighted by atomic mass is 32.2. The van der Waals surface area contributed by atoms with Crippen LogP contribution in [0.5, 0.6) is 0 Å². The van der Waals surface area contributed by atoms with Crippen molar-refractivity contribution in [2.75, 3.05) is 23.9 Å². The Balaban J connectivity index is 2.38. The van der Waals surface area contributed by atoms with E-state index < -0.39 is 5.97 Å². The largest absolute Gasteiger partial charge is 0.478 e. The molecule has 0 aliphatic rings. The maximum Gasteiger partial charge on any atom is 0.336 e. The average molecular weight is 310 g/mol. The zero-order chi connectivity index (χ0) is 15.7. The molecule has 5 nitrogen and oxygen atoms in total. The summed E-state index contributed by atoms with van der Waals surface area (Å²) in [7, 11) is 0. The Morgan fingerprint density at radius 2 is 2.00 bits per heavy atom. The maximum atomic E-state index is 11.7. The van der Waals surface area contributed by atoms with Crippen LogP contribution in [0, 0.1) is 6.92 Å². The zero-order valence-electron chi connectivity index (χ0n) is 12.4.